The van der Waals surface area contributed by atoms with Gasteiger partial charge in [0.25, 0.3) is 0 Å². The molecular formula is C11H12BrClFN. The van der Waals surface area contributed by atoms with Crippen molar-refractivity contribution < 1.29 is 4.39 Å². The zero-order valence-electron chi connectivity index (χ0n) is 8.36. The molecule has 0 aliphatic heterocycles. The second-order valence-electron chi connectivity index (χ2n) is 4.40. The van der Waals surface area contributed by atoms with Crippen LogP contribution in [0.5, 0.6) is 0 Å². The van der Waals surface area contributed by atoms with Gasteiger partial charge in [0.1, 0.15) is 5.82 Å². The van der Waals surface area contributed by atoms with Gasteiger partial charge in [-0.2, -0.15) is 0 Å². The summed E-state index contributed by atoms with van der Waals surface area (Å²) in [6.07, 6.45) is 2.11. The van der Waals surface area contributed by atoms with Crippen LogP contribution < -0.4 is 5.73 Å². The highest BCUT2D eigenvalue weighted by atomic mass is 79.9. The van der Waals surface area contributed by atoms with Gasteiger partial charge in [-0.3, -0.25) is 0 Å². The summed E-state index contributed by atoms with van der Waals surface area (Å²) < 4.78 is 14.4. The summed E-state index contributed by atoms with van der Waals surface area (Å²) >= 11 is 9.00. The monoisotopic (exact) mass is 291 g/mol. The van der Waals surface area contributed by atoms with Crippen LogP contribution in [0.1, 0.15) is 31.4 Å². The fourth-order valence-electron chi connectivity index (χ4n) is 1.66. The number of benzene rings is 1. The standard InChI is InChI=1S/C11H12BrClFN/c1-11(4-5-11)10(15)6-2-3-7(12)8(13)9(6)14/h2-3,10H,4-5,15H2,1H3. The summed E-state index contributed by atoms with van der Waals surface area (Å²) in [6, 6.07) is 3.19. The molecule has 1 nitrogen and oxygen atoms in total. The van der Waals surface area contributed by atoms with Crippen molar-refractivity contribution >= 4 is 27.5 Å². The molecule has 2 rings (SSSR count). The van der Waals surface area contributed by atoms with E-state index < -0.39 is 5.82 Å². The van der Waals surface area contributed by atoms with Crippen LogP contribution in [0.15, 0.2) is 16.6 Å². The van der Waals surface area contributed by atoms with Crippen LogP contribution in [0.25, 0.3) is 0 Å². The molecular weight excluding hydrogens is 280 g/mol. The Morgan fingerprint density at radius 2 is 2.13 bits per heavy atom. The van der Waals surface area contributed by atoms with Crippen LogP contribution in [-0.2, 0) is 0 Å². The third kappa shape index (κ3) is 1.93. The van der Waals surface area contributed by atoms with Gasteiger partial charge < -0.3 is 5.73 Å². The van der Waals surface area contributed by atoms with Gasteiger partial charge in [-0.25, -0.2) is 4.39 Å². The second-order valence-corrected chi connectivity index (χ2v) is 5.63. The molecule has 0 aromatic heterocycles. The summed E-state index contributed by atoms with van der Waals surface area (Å²) in [5.41, 5.74) is 6.61. The van der Waals surface area contributed by atoms with Gasteiger partial charge in [0.05, 0.1) is 5.02 Å². The molecule has 15 heavy (non-hydrogen) atoms. The molecule has 1 fully saturated rings. The average Bonchev–Trinajstić information content (AvgIpc) is 2.94. The predicted molar refractivity (Wildman–Crippen MR) is 63.4 cm³/mol. The molecule has 1 aliphatic carbocycles. The predicted octanol–water partition coefficient (Wildman–Crippen LogP) is 4.04. The summed E-state index contributed by atoms with van der Waals surface area (Å²) in [5.74, 6) is -0.397. The molecule has 0 radical (unpaired) electrons. The molecule has 2 N–H and O–H groups in total. The van der Waals surface area contributed by atoms with Crippen molar-refractivity contribution in [2.75, 3.05) is 0 Å². The molecule has 0 bridgehead atoms. The highest BCUT2D eigenvalue weighted by molar-refractivity contribution is 9.10. The minimum Gasteiger partial charge on any atom is -0.323 e. The Morgan fingerprint density at radius 1 is 1.53 bits per heavy atom. The van der Waals surface area contributed by atoms with Crippen molar-refractivity contribution in [3.05, 3.63) is 33.0 Å². The van der Waals surface area contributed by atoms with Crippen LogP contribution >= 0.6 is 27.5 Å². The van der Waals surface area contributed by atoms with E-state index in [1.807, 2.05) is 0 Å². The van der Waals surface area contributed by atoms with Crippen molar-refractivity contribution in [1.82, 2.24) is 0 Å². The Kier molecular flexibility index (Phi) is 2.82. The van der Waals surface area contributed by atoms with Gasteiger partial charge in [-0.1, -0.05) is 24.6 Å². The van der Waals surface area contributed by atoms with Crippen molar-refractivity contribution in [1.29, 1.82) is 0 Å². The smallest absolute Gasteiger partial charge is 0.147 e. The largest absolute Gasteiger partial charge is 0.323 e. The Hall–Kier alpha value is -0.120. The Labute approximate surface area is 102 Å². The molecule has 1 aromatic rings. The lowest BCUT2D eigenvalue weighted by Gasteiger charge is -2.20. The van der Waals surface area contributed by atoms with E-state index in [2.05, 4.69) is 22.9 Å². The topological polar surface area (TPSA) is 26.0 Å². The Balaban J connectivity index is 2.41. The first-order chi connectivity index (χ1) is 6.96. The first-order valence-electron chi connectivity index (χ1n) is 4.85. The van der Waals surface area contributed by atoms with E-state index in [-0.39, 0.29) is 16.5 Å². The third-order valence-electron chi connectivity index (χ3n) is 3.19. The SMILES string of the molecule is CC1(C(N)c2ccc(Br)c(Cl)c2F)CC1. The number of nitrogens with two attached hydrogens (primary N) is 1. The maximum atomic E-state index is 13.8. The minimum atomic E-state index is -0.397. The molecule has 1 aliphatic rings. The molecule has 1 aromatic carbocycles. The van der Waals surface area contributed by atoms with Gasteiger partial charge in [0.15, 0.2) is 0 Å². The van der Waals surface area contributed by atoms with E-state index in [0.29, 0.717) is 10.0 Å². The van der Waals surface area contributed by atoms with E-state index >= 15 is 0 Å². The van der Waals surface area contributed by atoms with E-state index in [1.54, 1.807) is 12.1 Å². The average molecular weight is 293 g/mol. The second kappa shape index (κ2) is 3.72. The van der Waals surface area contributed by atoms with Crippen molar-refractivity contribution in [3.63, 3.8) is 0 Å². The summed E-state index contributed by atoms with van der Waals surface area (Å²) in [5, 5.41) is 0.118. The zero-order chi connectivity index (χ0) is 11.2. The molecule has 4 heteroatoms. The first-order valence-corrected chi connectivity index (χ1v) is 6.02. The normalized spacial score (nSPS) is 20.1. The lowest BCUT2D eigenvalue weighted by molar-refractivity contribution is 0.432. The first kappa shape index (κ1) is 11.4. The summed E-state index contributed by atoms with van der Waals surface area (Å²) in [4.78, 5) is 0. The maximum Gasteiger partial charge on any atom is 0.147 e. The van der Waals surface area contributed by atoms with E-state index in [1.165, 1.54) is 0 Å². The molecule has 0 saturated heterocycles. The molecule has 0 spiro atoms. The van der Waals surface area contributed by atoms with E-state index in [4.69, 9.17) is 17.3 Å². The van der Waals surface area contributed by atoms with Crippen LogP contribution in [0.4, 0.5) is 4.39 Å². The molecule has 0 amide bonds. The van der Waals surface area contributed by atoms with Gasteiger partial charge in [-0.15, -0.1) is 0 Å². The fourth-order valence-corrected chi connectivity index (χ4v) is 2.14. The Morgan fingerprint density at radius 3 is 2.67 bits per heavy atom. The van der Waals surface area contributed by atoms with Crippen molar-refractivity contribution in [3.8, 4) is 0 Å². The zero-order valence-corrected chi connectivity index (χ0v) is 10.7. The van der Waals surface area contributed by atoms with Crippen molar-refractivity contribution in [2.45, 2.75) is 25.8 Å². The van der Waals surface area contributed by atoms with E-state index in [0.717, 1.165) is 12.8 Å². The van der Waals surface area contributed by atoms with Gasteiger partial charge in [-0.05, 0) is 40.3 Å². The lowest BCUT2D eigenvalue weighted by Crippen LogP contribution is -2.21. The van der Waals surface area contributed by atoms with Crippen LogP contribution in [0, 0.1) is 11.2 Å². The highest BCUT2D eigenvalue weighted by Crippen LogP contribution is 2.54. The molecule has 0 heterocycles. The highest BCUT2D eigenvalue weighted by Gasteiger charge is 2.44. The number of rotatable bonds is 2. The number of hydrogen-bond donors (Lipinski definition) is 1. The summed E-state index contributed by atoms with van der Waals surface area (Å²) in [7, 11) is 0. The van der Waals surface area contributed by atoms with Gasteiger partial charge >= 0.3 is 0 Å². The molecule has 1 unspecified atom stereocenters. The lowest BCUT2D eigenvalue weighted by atomic mass is 9.92. The van der Waals surface area contributed by atoms with Gasteiger partial charge in [0.2, 0.25) is 0 Å². The van der Waals surface area contributed by atoms with Crippen LogP contribution in [0.3, 0.4) is 0 Å². The molecule has 82 valence electrons. The van der Waals surface area contributed by atoms with Crippen LogP contribution in [0.2, 0.25) is 5.02 Å². The van der Waals surface area contributed by atoms with E-state index in [9.17, 15) is 4.39 Å². The number of hydrogen-bond acceptors (Lipinski definition) is 1. The van der Waals surface area contributed by atoms with Crippen molar-refractivity contribution in [2.24, 2.45) is 11.1 Å². The minimum absolute atomic E-state index is 0.0536. The fraction of sp³-hybridized carbons (Fsp3) is 0.455. The third-order valence-corrected chi connectivity index (χ3v) is 4.45. The van der Waals surface area contributed by atoms with Crippen LogP contribution in [-0.4, -0.2) is 0 Å². The molecule has 1 atom stereocenters. The summed E-state index contributed by atoms with van der Waals surface area (Å²) in [6.45, 7) is 2.08. The Bertz CT molecular complexity index is 404. The maximum absolute atomic E-state index is 13.8. The molecule has 1 saturated carbocycles. The number of halogens is 3. The quantitative estimate of drug-likeness (QED) is 0.818. The van der Waals surface area contributed by atoms with Gasteiger partial charge in [0, 0.05) is 16.1 Å².